The molecule has 0 saturated carbocycles. The van der Waals surface area contributed by atoms with Crippen molar-refractivity contribution in [1.82, 2.24) is 10.3 Å². The molecule has 3 nitrogen and oxygen atoms in total. The molecule has 0 aromatic carbocycles. The summed E-state index contributed by atoms with van der Waals surface area (Å²) in [5.41, 5.74) is 2.45. The van der Waals surface area contributed by atoms with Crippen LogP contribution in [0.4, 0.5) is 5.69 Å². The molecular weight excluding hydrogens is 246 g/mol. The van der Waals surface area contributed by atoms with E-state index >= 15 is 0 Å². The zero-order valence-corrected chi connectivity index (χ0v) is 13.6. The largest absolute Gasteiger partial charge is 0.364 e. The van der Waals surface area contributed by atoms with Crippen molar-refractivity contribution in [3.8, 4) is 0 Å². The van der Waals surface area contributed by atoms with Crippen molar-refractivity contribution in [2.24, 2.45) is 11.8 Å². The molecule has 0 spiro atoms. The van der Waals surface area contributed by atoms with Gasteiger partial charge in [0.1, 0.15) is 0 Å². The number of anilines is 1. The first-order valence-electron chi connectivity index (χ1n) is 7.90. The van der Waals surface area contributed by atoms with Crippen molar-refractivity contribution in [2.75, 3.05) is 18.0 Å². The maximum atomic E-state index is 4.47. The topological polar surface area (TPSA) is 28.2 Å². The summed E-state index contributed by atoms with van der Waals surface area (Å²) >= 11 is 0. The van der Waals surface area contributed by atoms with Gasteiger partial charge in [-0.15, -0.1) is 0 Å². The molecule has 2 unspecified atom stereocenters. The third kappa shape index (κ3) is 3.51. The van der Waals surface area contributed by atoms with E-state index < -0.39 is 0 Å². The summed E-state index contributed by atoms with van der Waals surface area (Å²) < 4.78 is 0. The van der Waals surface area contributed by atoms with Crippen LogP contribution in [0, 0.1) is 18.8 Å². The Hall–Kier alpha value is -1.09. The van der Waals surface area contributed by atoms with Crippen molar-refractivity contribution in [3.63, 3.8) is 0 Å². The van der Waals surface area contributed by atoms with Crippen LogP contribution in [0.15, 0.2) is 18.3 Å². The Balaban J connectivity index is 2.21. The molecule has 3 heteroatoms. The minimum absolute atomic E-state index is 0.557. The SMILES string of the molecule is Cc1ncccc1N1CC(CC(C)C)NCC1C(C)C. The summed E-state index contributed by atoms with van der Waals surface area (Å²) in [7, 11) is 0. The molecule has 1 aromatic heterocycles. The van der Waals surface area contributed by atoms with Crippen LogP contribution in [0.5, 0.6) is 0 Å². The van der Waals surface area contributed by atoms with Crippen molar-refractivity contribution < 1.29 is 0 Å². The predicted octanol–water partition coefficient (Wildman–Crippen LogP) is 3.24. The lowest BCUT2D eigenvalue weighted by Gasteiger charge is -2.44. The number of nitrogens with one attached hydrogen (secondary N) is 1. The highest BCUT2D eigenvalue weighted by molar-refractivity contribution is 5.51. The standard InChI is InChI=1S/C17H29N3/c1-12(2)9-15-11-20(17(10-19-15)13(3)4)16-7-6-8-18-14(16)5/h6-8,12-13,15,17,19H,9-11H2,1-5H3. The maximum absolute atomic E-state index is 4.47. The van der Waals surface area contributed by atoms with Crippen molar-refractivity contribution in [1.29, 1.82) is 0 Å². The van der Waals surface area contributed by atoms with E-state index in [1.807, 2.05) is 6.20 Å². The summed E-state index contributed by atoms with van der Waals surface area (Å²) in [6, 6.07) is 5.42. The lowest BCUT2D eigenvalue weighted by Crippen LogP contribution is -2.59. The van der Waals surface area contributed by atoms with Gasteiger partial charge < -0.3 is 10.2 Å². The first-order valence-corrected chi connectivity index (χ1v) is 7.90. The van der Waals surface area contributed by atoms with Gasteiger partial charge >= 0.3 is 0 Å². The number of pyridine rings is 1. The molecule has 112 valence electrons. The van der Waals surface area contributed by atoms with Crippen LogP contribution in [0.3, 0.4) is 0 Å². The summed E-state index contributed by atoms with van der Waals surface area (Å²) in [6.45, 7) is 13.5. The molecule has 0 radical (unpaired) electrons. The van der Waals surface area contributed by atoms with Gasteiger partial charge in [0.15, 0.2) is 0 Å². The lowest BCUT2D eigenvalue weighted by atomic mass is 9.94. The van der Waals surface area contributed by atoms with E-state index in [1.165, 1.54) is 12.1 Å². The summed E-state index contributed by atoms with van der Waals surface area (Å²) in [5.74, 6) is 1.38. The van der Waals surface area contributed by atoms with E-state index in [2.05, 4.69) is 62.0 Å². The molecule has 0 bridgehead atoms. The fraction of sp³-hybridized carbons (Fsp3) is 0.706. The van der Waals surface area contributed by atoms with E-state index in [-0.39, 0.29) is 0 Å². The lowest BCUT2D eigenvalue weighted by molar-refractivity contribution is 0.310. The van der Waals surface area contributed by atoms with Gasteiger partial charge in [-0.2, -0.15) is 0 Å². The van der Waals surface area contributed by atoms with E-state index in [4.69, 9.17) is 0 Å². The number of aromatic nitrogens is 1. The van der Waals surface area contributed by atoms with Crippen molar-refractivity contribution >= 4 is 5.69 Å². The first-order chi connectivity index (χ1) is 9.49. The number of hydrogen-bond donors (Lipinski definition) is 1. The van der Waals surface area contributed by atoms with Crippen LogP contribution in [0.1, 0.15) is 39.8 Å². The molecule has 2 rings (SSSR count). The zero-order valence-electron chi connectivity index (χ0n) is 13.6. The fourth-order valence-electron chi connectivity index (χ4n) is 3.21. The zero-order chi connectivity index (χ0) is 14.7. The van der Waals surface area contributed by atoms with Gasteiger partial charge in [0.25, 0.3) is 0 Å². The minimum atomic E-state index is 0.557. The van der Waals surface area contributed by atoms with Gasteiger partial charge in [-0.25, -0.2) is 0 Å². The smallest absolute Gasteiger partial charge is 0.0605 e. The molecule has 2 heterocycles. The van der Waals surface area contributed by atoms with Crippen LogP contribution in [0.25, 0.3) is 0 Å². The van der Waals surface area contributed by atoms with Crippen LogP contribution < -0.4 is 10.2 Å². The van der Waals surface area contributed by atoms with Crippen LogP contribution in [-0.4, -0.2) is 30.2 Å². The summed E-state index contributed by atoms with van der Waals surface area (Å²) in [6.07, 6.45) is 3.12. The summed E-state index contributed by atoms with van der Waals surface area (Å²) in [4.78, 5) is 7.05. The van der Waals surface area contributed by atoms with Gasteiger partial charge in [-0.1, -0.05) is 27.7 Å². The Morgan fingerprint density at radius 3 is 2.70 bits per heavy atom. The fourth-order valence-corrected chi connectivity index (χ4v) is 3.21. The molecule has 1 saturated heterocycles. The van der Waals surface area contributed by atoms with Crippen LogP contribution in [-0.2, 0) is 0 Å². The molecule has 0 amide bonds. The third-order valence-electron chi connectivity index (χ3n) is 4.25. The van der Waals surface area contributed by atoms with Gasteiger partial charge in [-0.3, -0.25) is 4.98 Å². The highest BCUT2D eigenvalue weighted by Gasteiger charge is 2.31. The Morgan fingerprint density at radius 2 is 2.10 bits per heavy atom. The molecule has 1 aliphatic rings. The second-order valence-corrected chi connectivity index (χ2v) is 6.81. The molecule has 1 N–H and O–H groups in total. The quantitative estimate of drug-likeness (QED) is 0.914. The Labute approximate surface area is 123 Å². The van der Waals surface area contributed by atoms with E-state index in [1.54, 1.807) is 0 Å². The van der Waals surface area contributed by atoms with E-state index in [0.29, 0.717) is 18.0 Å². The number of rotatable bonds is 4. The van der Waals surface area contributed by atoms with Crippen molar-refractivity contribution in [3.05, 3.63) is 24.0 Å². The number of piperazine rings is 1. The highest BCUT2D eigenvalue weighted by Crippen LogP contribution is 2.26. The molecule has 1 fully saturated rings. The Morgan fingerprint density at radius 1 is 1.35 bits per heavy atom. The molecule has 20 heavy (non-hydrogen) atoms. The normalized spacial score (nSPS) is 23.6. The van der Waals surface area contributed by atoms with Gasteiger partial charge in [-0.05, 0) is 37.3 Å². The second kappa shape index (κ2) is 6.57. The van der Waals surface area contributed by atoms with Gasteiger partial charge in [0, 0.05) is 31.4 Å². The first kappa shape index (κ1) is 15.3. The number of aryl methyl sites for hydroxylation is 1. The average molecular weight is 275 g/mol. The molecule has 0 aliphatic carbocycles. The molecule has 2 atom stereocenters. The summed E-state index contributed by atoms with van der Waals surface area (Å²) in [5, 5.41) is 3.74. The minimum Gasteiger partial charge on any atom is -0.364 e. The van der Waals surface area contributed by atoms with E-state index in [0.717, 1.165) is 24.7 Å². The van der Waals surface area contributed by atoms with Gasteiger partial charge in [0.2, 0.25) is 0 Å². The van der Waals surface area contributed by atoms with E-state index in [9.17, 15) is 0 Å². The number of nitrogens with zero attached hydrogens (tertiary/aromatic N) is 2. The maximum Gasteiger partial charge on any atom is 0.0605 e. The molecule has 1 aromatic rings. The second-order valence-electron chi connectivity index (χ2n) is 6.81. The highest BCUT2D eigenvalue weighted by atomic mass is 15.2. The monoisotopic (exact) mass is 275 g/mol. The average Bonchev–Trinajstić information content (AvgIpc) is 2.38. The predicted molar refractivity (Wildman–Crippen MR) is 86.2 cm³/mol. The Bertz CT molecular complexity index is 428. The molecule has 1 aliphatic heterocycles. The van der Waals surface area contributed by atoms with Crippen molar-refractivity contribution in [2.45, 2.75) is 53.1 Å². The van der Waals surface area contributed by atoms with Gasteiger partial charge in [0.05, 0.1) is 11.4 Å². The Kier molecular flexibility index (Phi) is 5.03. The molecular formula is C17H29N3. The van der Waals surface area contributed by atoms with Crippen LogP contribution >= 0.6 is 0 Å². The number of hydrogen-bond acceptors (Lipinski definition) is 3. The third-order valence-corrected chi connectivity index (χ3v) is 4.25. The van der Waals surface area contributed by atoms with Crippen LogP contribution in [0.2, 0.25) is 0 Å².